The van der Waals surface area contributed by atoms with Crippen molar-refractivity contribution in [3.05, 3.63) is 30.0 Å². The van der Waals surface area contributed by atoms with E-state index < -0.39 is 5.24 Å². The number of aryl methyl sites for hydroxylation is 1. The molecule has 1 aromatic heterocycles. The van der Waals surface area contributed by atoms with Crippen LogP contribution >= 0.6 is 11.6 Å². The van der Waals surface area contributed by atoms with E-state index in [4.69, 9.17) is 16.3 Å². The Balaban J connectivity index is 2.38. The number of nitrogens with zero attached hydrogens (tertiary/aromatic N) is 2. The number of fused-ring (bicyclic) bond motifs is 1. The Hall–Kier alpha value is -1.68. The summed E-state index contributed by atoms with van der Waals surface area (Å²) < 4.78 is 5.15. The number of ether oxygens (including phenoxy) is 1. The van der Waals surface area contributed by atoms with Gasteiger partial charge in [-0.15, -0.1) is 0 Å². The van der Waals surface area contributed by atoms with E-state index in [9.17, 15) is 4.79 Å². The minimum atomic E-state index is -0.561. The Bertz CT molecular complexity index is 542. The molecule has 0 radical (unpaired) electrons. The number of hydrogen-bond acceptors (Lipinski definition) is 4. The van der Waals surface area contributed by atoms with Crippen molar-refractivity contribution in [1.82, 2.24) is 9.97 Å². The molecule has 0 N–H and O–H groups in total. The van der Waals surface area contributed by atoms with Gasteiger partial charge in [-0.3, -0.25) is 4.79 Å². The van der Waals surface area contributed by atoms with Crippen LogP contribution in [0.2, 0.25) is 0 Å². The molecule has 2 rings (SSSR count). The molecule has 0 aliphatic rings. The molecule has 0 atom stereocenters. The molecular weight excluding hydrogens is 228 g/mol. The molecule has 16 heavy (non-hydrogen) atoms. The molecule has 5 heteroatoms. The maximum atomic E-state index is 10.6. The van der Waals surface area contributed by atoms with Gasteiger partial charge >= 0.3 is 0 Å². The summed E-state index contributed by atoms with van der Waals surface area (Å²) in [5.41, 5.74) is 2.16. The van der Waals surface area contributed by atoms with Gasteiger partial charge in [-0.25, -0.2) is 9.97 Å². The number of rotatable bonds is 3. The fourth-order valence-electron chi connectivity index (χ4n) is 1.33. The van der Waals surface area contributed by atoms with E-state index in [0.717, 1.165) is 11.0 Å². The van der Waals surface area contributed by atoms with Crippen LogP contribution in [-0.4, -0.2) is 21.8 Å². The van der Waals surface area contributed by atoms with E-state index in [1.54, 1.807) is 6.92 Å². The van der Waals surface area contributed by atoms with Gasteiger partial charge in [-0.1, -0.05) is 12.1 Å². The lowest BCUT2D eigenvalue weighted by Crippen LogP contribution is -2.07. The average molecular weight is 237 g/mol. The molecule has 0 aliphatic carbocycles. The number of aromatic nitrogens is 2. The lowest BCUT2D eigenvalue weighted by atomic mass is 10.3. The topological polar surface area (TPSA) is 52.1 Å². The van der Waals surface area contributed by atoms with Gasteiger partial charge < -0.3 is 4.74 Å². The number of benzene rings is 1. The van der Waals surface area contributed by atoms with Crippen LogP contribution in [0, 0.1) is 6.92 Å². The summed E-state index contributed by atoms with van der Waals surface area (Å²) in [4.78, 5) is 19.1. The molecule has 0 spiro atoms. The van der Waals surface area contributed by atoms with Crippen molar-refractivity contribution < 1.29 is 9.53 Å². The maximum Gasteiger partial charge on any atom is 0.259 e. The second-order valence-corrected chi connectivity index (χ2v) is 3.67. The summed E-state index contributed by atoms with van der Waals surface area (Å²) in [6.07, 6.45) is 0. The highest BCUT2D eigenvalue weighted by Gasteiger charge is 2.07. The molecule has 82 valence electrons. The monoisotopic (exact) mass is 236 g/mol. The fraction of sp³-hybridized carbons (Fsp3) is 0.182. The van der Waals surface area contributed by atoms with Crippen LogP contribution < -0.4 is 4.74 Å². The number of hydrogen-bond donors (Lipinski definition) is 0. The zero-order valence-corrected chi connectivity index (χ0v) is 9.36. The van der Waals surface area contributed by atoms with E-state index in [2.05, 4.69) is 9.97 Å². The number of carbonyl (C=O) groups is 1. The van der Waals surface area contributed by atoms with Crippen molar-refractivity contribution in [3.63, 3.8) is 0 Å². The summed E-state index contributed by atoms with van der Waals surface area (Å²) in [6.45, 7) is 1.57. The van der Waals surface area contributed by atoms with Gasteiger partial charge in [0.05, 0.1) is 11.0 Å². The third-order valence-corrected chi connectivity index (χ3v) is 2.13. The van der Waals surface area contributed by atoms with Crippen LogP contribution in [0.1, 0.15) is 5.69 Å². The van der Waals surface area contributed by atoms with Crippen molar-refractivity contribution >= 4 is 27.9 Å². The molecule has 1 heterocycles. The molecule has 0 saturated carbocycles. The van der Waals surface area contributed by atoms with Crippen molar-refractivity contribution in [2.75, 3.05) is 6.61 Å². The highest BCUT2D eigenvalue weighted by Crippen LogP contribution is 2.17. The first kappa shape index (κ1) is 10.8. The summed E-state index contributed by atoms with van der Waals surface area (Å²) in [5, 5.41) is -0.561. The smallest absolute Gasteiger partial charge is 0.259 e. The van der Waals surface area contributed by atoms with Gasteiger partial charge in [0.15, 0.2) is 6.61 Å². The molecule has 0 fully saturated rings. The number of carbonyl (C=O) groups excluding carboxylic acids is 1. The fourth-order valence-corrected chi connectivity index (χ4v) is 1.39. The highest BCUT2D eigenvalue weighted by molar-refractivity contribution is 6.63. The molecule has 0 bridgehead atoms. The number of halogens is 1. The largest absolute Gasteiger partial charge is 0.467 e. The van der Waals surface area contributed by atoms with Gasteiger partial charge in [-0.2, -0.15) is 0 Å². The third kappa shape index (κ3) is 2.28. The minimum absolute atomic E-state index is 0.199. The molecular formula is C11H9ClN2O2. The lowest BCUT2D eigenvalue weighted by molar-refractivity contribution is -0.113. The van der Waals surface area contributed by atoms with Crippen LogP contribution in [0.5, 0.6) is 5.88 Å². The normalized spacial score (nSPS) is 10.4. The molecule has 0 unspecified atom stereocenters. The van der Waals surface area contributed by atoms with Crippen LogP contribution in [0.25, 0.3) is 11.0 Å². The average Bonchev–Trinajstić information content (AvgIpc) is 2.26. The van der Waals surface area contributed by atoms with Crippen LogP contribution in [0.4, 0.5) is 0 Å². The number of para-hydroxylation sites is 2. The maximum absolute atomic E-state index is 10.6. The van der Waals surface area contributed by atoms with Gasteiger partial charge in [0.25, 0.3) is 5.24 Å². The summed E-state index contributed by atoms with van der Waals surface area (Å²) in [7, 11) is 0. The predicted molar refractivity (Wildman–Crippen MR) is 60.6 cm³/mol. The minimum Gasteiger partial charge on any atom is -0.467 e. The Morgan fingerprint density at radius 2 is 1.94 bits per heavy atom. The van der Waals surface area contributed by atoms with Gasteiger partial charge in [0.2, 0.25) is 5.88 Å². The van der Waals surface area contributed by atoms with Gasteiger partial charge in [-0.05, 0) is 30.7 Å². The van der Waals surface area contributed by atoms with Crippen molar-refractivity contribution in [2.24, 2.45) is 0 Å². The Kier molecular flexibility index (Phi) is 3.01. The molecule has 2 aromatic rings. The highest BCUT2D eigenvalue weighted by atomic mass is 35.5. The van der Waals surface area contributed by atoms with Crippen molar-refractivity contribution in [2.45, 2.75) is 6.92 Å². The summed E-state index contributed by atoms with van der Waals surface area (Å²) in [6, 6.07) is 7.45. The second-order valence-electron chi connectivity index (χ2n) is 3.25. The van der Waals surface area contributed by atoms with E-state index in [-0.39, 0.29) is 6.61 Å². The van der Waals surface area contributed by atoms with E-state index >= 15 is 0 Å². The molecule has 0 saturated heterocycles. The van der Waals surface area contributed by atoms with Crippen LogP contribution in [-0.2, 0) is 4.79 Å². The molecule has 0 amide bonds. The lowest BCUT2D eigenvalue weighted by Gasteiger charge is -2.06. The van der Waals surface area contributed by atoms with Gasteiger partial charge in [0.1, 0.15) is 5.69 Å². The first-order valence-corrected chi connectivity index (χ1v) is 5.09. The Morgan fingerprint density at radius 3 is 2.56 bits per heavy atom. The molecule has 1 aromatic carbocycles. The van der Waals surface area contributed by atoms with Crippen molar-refractivity contribution in [3.8, 4) is 5.88 Å². The van der Waals surface area contributed by atoms with Crippen molar-refractivity contribution in [1.29, 1.82) is 0 Å². The molecule has 4 nitrogen and oxygen atoms in total. The standard InChI is InChI=1S/C11H9ClN2O2/c1-7-11(16-6-10(12)15)14-9-5-3-2-4-8(9)13-7/h2-5H,6H2,1H3. The van der Waals surface area contributed by atoms with E-state index in [1.165, 1.54) is 0 Å². The Morgan fingerprint density at radius 1 is 1.31 bits per heavy atom. The quantitative estimate of drug-likeness (QED) is 0.766. The van der Waals surface area contributed by atoms with E-state index in [0.29, 0.717) is 11.6 Å². The SMILES string of the molecule is Cc1nc2ccccc2nc1OCC(=O)Cl. The van der Waals surface area contributed by atoms with Crippen LogP contribution in [0.15, 0.2) is 24.3 Å². The predicted octanol–water partition coefficient (Wildman–Crippen LogP) is 2.08. The zero-order valence-electron chi connectivity index (χ0n) is 8.61. The van der Waals surface area contributed by atoms with Gasteiger partial charge in [0, 0.05) is 0 Å². The summed E-state index contributed by atoms with van der Waals surface area (Å²) >= 11 is 5.19. The third-order valence-electron chi connectivity index (χ3n) is 2.02. The second kappa shape index (κ2) is 4.45. The van der Waals surface area contributed by atoms with E-state index in [1.807, 2.05) is 24.3 Å². The zero-order chi connectivity index (χ0) is 11.5. The van der Waals surface area contributed by atoms with Crippen LogP contribution in [0.3, 0.4) is 0 Å². The first-order chi connectivity index (χ1) is 7.66. The molecule has 0 aliphatic heterocycles. The Labute approximate surface area is 97.2 Å². The first-order valence-electron chi connectivity index (χ1n) is 4.71. The summed E-state index contributed by atoms with van der Waals surface area (Å²) in [5.74, 6) is 0.340.